The number of aromatic nitrogens is 2. The number of nitrogens with zero attached hydrogens (tertiary/aromatic N) is 3. The lowest BCUT2D eigenvalue weighted by Gasteiger charge is -2.17. The maximum absolute atomic E-state index is 12.1. The summed E-state index contributed by atoms with van der Waals surface area (Å²) in [5.41, 5.74) is 1.52. The highest BCUT2D eigenvalue weighted by Gasteiger charge is 2.15. The molecule has 0 radical (unpaired) electrons. The van der Waals surface area contributed by atoms with Crippen molar-refractivity contribution in [1.82, 2.24) is 15.3 Å². The lowest BCUT2D eigenvalue weighted by Crippen LogP contribution is -2.29. The zero-order chi connectivity index (χ0) is 17.6. The number of methoxy groups -OCH3 is 1. The van der Waals surface area contributed by atoms with Crippen LogP contribution in [0.4, 0.5) is 16.3 Å². The number of aryl methyl sites for hydroxylation is 1. The summed E-state index contributed by atoms with van der Waals surface area (Å²) in [4.78, 5) is 23.4. The Morgan fingerprint density at radius 2 is 2.00 bits per heavy atom. The molecular weight excluding hydrogens is 318 g/mol. The van der Waals surface area contributed by atoms with Crippen molar-refractivity contribution in [2.24, 2.45) is 0 Å². The first-order chi connectivity index (χ1) is 12.2. The Hall–Kier alpha value is -2.83. The Balaban J connectivity index is 1.62. The lowest BCUT2D eigenvalue weighted by atomic mass is 10.3. The maximum Gasteiger partial charge on any atom is 0.319 e. The number of rotatable bonds is 5. The summed E-state index contributed by atoms with van der Waals surface area (Å²) in [7, 11) is 1.57. The van der Waals surface area contributed by atoms with Crippen LogP contribution in [0.15, 0.2) is 30.3 Å². The van der Waals surface area contributed by atoms with Crippen LogP contribution >= 0.6 is 0 Å². The van der Waals surface area contributed by atoms with Crippen LogP contribution < -0.4 is 20.3 Å². The van der Waals surface area contributed by atoms with E-state index in [0.717, 1.165) is 24.6 Å². The molecule has 1 aromatic carbocycles. The van der Waals surface area contributed by atoms with E-state index >= 15 is 0 Å². The number of amides is 2. The van der Waals surface area contributed by atoms with Gasteiger partial charge in [-0.25, -0.2) is 14.8 Å². The number of urea groups is 1. The van der Waals surface area contributed by atoms with Crippen LogP contribution in [0.5, 0.6) is 5.75 Å². The van der Waals surface area contributed by atoms with Gasteiger partial charge in [-0.1, -0.05) is 12.1 Å². The van der Waals surface area contributed by atoms with Gasteiger partial charge < -0.3 is 20.3 Å². The summed E-state index contributed by atoms with van der Waals surface area (Å²) in [5, 5.41) is 5.57. The van der Waals surface area contributed by atoms with E-state index in [0.29, 0.717) is 17.3 Å². The molecule has 0 spiro atoms. The highest BCUT2D eigenvalue weighted by atomic mass is 16.5. The Morgan fingerprint density at radius 1 is 1.24 bits per heavy atom. The largest absolute Gasteiger partial charge is 0.495 e. The Kier molecular flexibility index (Phi) is 5.33. The molecule has 132 valence electrons. The molecule has 2 N–H and O–H groups in total. The number of hydrogen-bond donors (Lipinski definition) is 2. The summed E-state index contributed by atoms with van der Waals surface area (Å²) in [5.74, 6) is 2.16. The van der Waals surface area contributed by atoms with Gasteiger partial charge in [-0.15, -0.1) is 0 Å². The average molecular weight is 341 g/mol. The molecular formula is C18H23N5O2. The van der Waals surface area contributed by atoms with E-state index in [-0.39, 0.29) is 12.6 Å². The van der Waals surface area contributed by atoms with Crippen molar-refractivity contribution in [1.29, 1.82) is 0 Å². The Labute approximate surface area is 147 Å². The highest BCUT2D eigenvalue weighted by molar-refractivity contribution is 5.90. The maximum atomic E-state index is 12.1. The fraction of sp³-hybridized carbons (Fsp3) is 0.389. The van der Waals surface area contributed by atoms with E-state index < -0.39 is 0 Å². The third kappa shape index (κ3) is 4.37. The van der Waals surface area contributed by atoms with Crippen LogP contribution in [0.1, 0.15) is 24.4 Å². The van der Waals surface area contributed by atoms with Gasteiger partial charge in [-0.2, -0.15) is 0 Å². The number of hydrogen-bond acceptors (Lipinski definition) is 5. The molecule has 2 aromatic rings. The SMILES string of the molecule is COc1ccccc1NC(=O)NCc1nc(C)cc(N2CCCC2)n1. The van der Waals surface area contributed by atoms with Crippen molar-refractivity contribution in [3.63, 3.8) is 0 Å². The molecule has 0 unspecified atom stereocenters. The smallest absolute Gasteiger partial charge is 0.319 e. The minimum Gasteiger partial charge on any atom is -0.495 e. The summed E-state index contributed by atoms with van der Waals surface area (Å²) in [6, 6.07) is 8.93. The van der Waals surface area contributed by atoms with Gasteiger partial charge >= 0.3 is 6.03 Å². The summed E-state index contributed by atoms with van der Waals surface area (Å²) >= 11 is 0. The minimum absolute atomic E-state index is 0.267. The van der Waals surface area contributed by atoms with Crippen LogP contribution in [0, 0.1) is 6.92 Å². The van der Waals surface area contributed by atoms with Crippen molar-refractivity contribution < 1.29 is 9.53 Å². The summed E-state index contributed by atoms with van der Waals surface area (Å²) < 4.78 is 5.22. The zero-order valence-electron chi connectivity index (χ0n) is 14.6. The monoisotopic (exact) mass is 341 g/mol. The predicted molar refractivity (Wildman–Crippen MR) is 97.1 cm³/mol. The quantitative estimate of drug-likeness (QED) is 0.874. The minimum atomic E-state index is -0.322. The molecule has 2 heterocycles. The van der Waals surface area contributed by atoms with Crippen LogP contribution in [-0.2, 0) is 6.54 Å². The first-order valence-corrected chi connectivity index (χ1v) is 8.43. The third-order valence-electron chi connectivity index (χ3n) is 4.08. The molecule has 1 aliphatic rings. The number of ether oxygens (including phenoxy) is 1. The summed E-state index contributed by atoms with van der Waals surface area (Å²) in [6.45, 7) is 4.26. The van der Waals surface area contributed by atoms with E-state index in [1.807, 2.05) is 25.1 Å². The van der Waals surface area contributed by atoms with Crippen molar-refractivity contribution in [3.05, 3.63) is 41.9 Å². The van der Waals surface area contributed by atoms with E-state index in [1.165, 1.54) is 12.8 Å². The second-order valence-electron chi connectivity index (χ2n) is 5.99. The van der Waals surface area contributed by atoms with Crippen LogP contribution in [-0.4, -0.2) is 36.2 Å². The Morgan fingerprint density at radius 3 is 2.76 bits per heavy atom. The normalized spacial score (nSPS) is 13.6. The molecule has 1 aliphatic heterocycles. The number of benzene rings is 1. The number of carbonyl (C=O) groups excluding carboxylic acids is 1. The van der Waals surface area contributed by atoms with Gasteiger partial charge in [0, 0.05) is 24.8 Å². The number of carbonyl (C=O) groups is 1. The van der Waals surface area contributed by atoms with Gasteiger partial charge in [0.15, 0.2) is 0 Å². The van der Waals surface area contributed by atoms with Crippen molar-refractivity contribution in [2.75, 3.05) is 30.4 Å². The van der Waals surface area contributed by atoms with Crippen molar-refractivity contribution in [3.8, 4) is 5.75 Å². The van der Waals surface area contributed by atoms with Crippen molar-refractivity contribution >= 4 is 17.5 Å². The number of para-hydroxylation sites is 2. The van der Waals surface area contributed by atoms with Crippen LogP contribution in [0.3, 0.4) is 0 Å². The Bertz CT molecular complexity index is 744. The first-order valence-electron chi connectivity index (χ1n) is 8.43. The van der Waals surface area contributed by atoms with E-state index in [1.54, 1.807) is 19.2 Å². The van der Waals surface area contributed by atoms with E-state index in [2.05, 4.69) is 25.5 Å². The lowest BCUT2D eigenvalue weighted by molar-refractivity contribution is 0.251. The fourth-order valence-corrected chi connectivity index (χ4v) is 2.87. The molecule has 1 saturated heterocycles. The molecule has 0 atom stereocenters. The van der Waals surface area contributed by atoms with Crippen LogP contribution in [0.25, 0.3) is 0 Å². The highest BCUT2D eigenvalue weighted by Crippen LogP contribution is 2.22. The topological polar surface area (TPSA) is 79.4 Å². The van der Waals surface area contributed by atoms with Crippen molar-refractivity contribution in [2.45, 2.75) is 26.3 Å². The van der Waals surface area contributed by atoms with Crippen LogP contribution in [0.2, 0.25) is 0 Å². The molecule has 2 amide bonds. The van der Waals surface area contributed by atoms with E-state index in [9.17, 15) is 4.79 Å². The van der Waals surface area contributed by atoms with Gasteiger partial charge in [-0.3, -0.25) is 0 Å². The van der Waals surface area contributed by atoms with Gasteiger partial charge in [0.1, 0.15) is 17.4 Å². The summed E-state index contributed by atoms with van der Waals surface area (Å²) in [6.07, 6.45) is 2.38. The molecule has 7 heteroatoms. The molecule has 25 heavy (non-hydrogen) atoms. The van der Waals surface area contributed by atoms with Gasteiger partial charge in [0.05, 0.1) is 19.3 Å². The average Bonchev–Trinajstić information content (AvgIpc) is 3.15. The predicted octanol–water partition coefficient (Wildman–Crippen LogP) is 2.72. The number of nitrogens with one attached hydrogen (secondary N) is 2. The van der Waals surface area contributed by atoms with Gasteiger partial charge in [-0.05, 0) is 31.9 Å². The number of anilines is 2. The molecule has 0 saturated carbocycles. The molecule has 1 fully saturated rings. The second-order valence-corrected chi connectivity index (χ2v) is 5.99. The zero-order valence-corrected chi connectivity index (χ0v) is 14.6. The third-order valence-corrected chi connectivity index (χ3v) is 4.08. The second kappa shape index (κ2) is 7.83. The molecule has 0 aliphatic carbocycles. The molecule has 7 nitrogen and oxygen atoms in total. The van der Waals surface area contributed by atoms with Gasteiger partial charge in [0.25, 0.3) is 0 Å². The molecule has 1 aromatic heterocycles. The van der Waals surface area contributed by atoms with E-state index in [4.69, 9.17) is 4.74 Å². The molecule has 3 rings (SSSR count). The standard InChI is InChI=1S/C18H23N5O2/c1-13-11-17(23-9-5-6-10-23)22-16(20-13)12-19-18(24)21-14-7-3-4-8-15(14)25-2/h3-4,7-8,11H,5-6,9-10,12H2,1-2H3,(H2,19,21,24). The first kappa shape index (κ1) is 17.0. The van der Waals surface area contributed by atoms with Gasteiger partial charge in [0.2, 0.25) is 0 Å². The molecule has 0 bridgehead atoms. The fourth-order valence-electron chi connectivity index (χ4n) is 2.87.